The Bertz CT molecular complexity index is 1460. The van der Waals surface area contributed by atoms with Gasteiger partial charge in [-0.1, -0.05) is 35.1 Å². The number of halogens is 1. The number of hydrogen-bond donors (Lipinski definition) is 0. The molecule has 4 aromatic rings. The van der Waals surface area contributed by atoms with E-state index in [1.807, 2.05) is 52.0 Å². The van der Waals surface area contributed by atoms with Gasteiger partial charge in [0.2, 0.25) is 10.9 Å². The van der Waals surface area contributed by atoms with E-state index in [0.29, 0.717) is 31.9 Å². The first-order valence-electron chi connectivity index (χ1n) is 10.4. The minimum absolute atomic E-state index is 0.00887. The van der Waals surface area contributed by atoms with E-state index >= 15 is 0 Å². The summed E-state index contributed by atoms with van der Waals surface area (Å²) in [5.41, 5.74) is 1.78. The highest BCUT2D eigenvalue weighted by Crippen LogP contribution is 2.42. The summed E-state index contributed by atoms with van der Waals surface area (Å²) < 4.78 is 11.7. The molecule has 1 unspecified atom stereocenters. The number of ether oxygens (including phenoxy) is 1. The number of aromatic nitrogens is 2. The van der Waals surface area contributed by atoms with Crippen LogP contribution >= 0.6 is 22.9 Å². The van der Waals surface area contributed by atoms with Crippen molar-refractivity contribution in [3.63, 3.8) is 0 Å². The number of carbonyl (C=O) groups excluding carboxylic acids is 1. The van der Waals surface area contributed by atoms with Gasteiger partial charge in [-0.3, -0.25) is 14.5 Å². The highest BCUT2D eigenvalue weighted by Gasteiger charge is 2.45. The molecule has 1 aliphatic heterocycles. The molecule has 3 heterocycles. The van der Waals surface area contributed by atoms with Gasteiger partial charge in [0, 0.05) is 5.02 Å². The molecule has 0 N–H and O–H groups in total. The van der Waals surface area contributed by atoms with Gasteiger partial charge < -0.3 is 9.15 Å². The van der Waals surface area contributed by atoms with Crippen LogP contribution < -0.4 is 15.1 Å². The Balaban J connectivity index is 1.74. The summed E-state index contributed by atoms with van der Waals surface area (Å²) in [6.45, 7) is 7.52. The van der Waals surface area contributed by atoms with Gasteiger partial charge in [-0.2, -0.15) is 0 Å². The maximum absolute atomic E-state index is 13.7. The number of aryl methyl sites for hydroxylation is 2. The van der Waals surface area contributed by atoms with Crippen molar-refractivity contribution in [2.45, 2.75) is 39.8 Å². The van der Waals surface area contributed by atoms with Crippen molar-refractivity contribution >= 4 is 44.9 Å². The van der Waals surface area contributed by atoms with Crippen LogP contribution in [0.15, 0.2) is 45.6 Å². The lowest BCUT2D eigenvalue weighted by atomic mass is 9.98. The monoisotopic (exact) mass is 481 g/mol. The predicted octanol–water partition coefficient (Wildman–Crippen LogP) is 5.45. The van der Waals surface area contributed by atoms with Crippen LogP contribution in [0.3, 0.4) is 0 Å². The highest BCUT2D eigenvalue weighted by molar-refractivity contribution is 7.15. The van der Waals surface area contributed by atoms with Gasteiger partial charge in [-0.05, 0) is 63.1 Å². The summed E-state index contributed by atoms with van der Waals surface area (Å²) in [5, 5.41) is 10.1. The summed E-state index contributed by atoms with van der Waals surface area (Å²) >= 11 is 7.57. The Morgan fingerprint density at radius 3 is 2.48 bits per heavy atom. The second kappa shape index (κ2) is 7.97. The van der Waals surface area contributed by atoms with Gasteiger partial charge >= 0.3 is 0 Å². The summed E-state index contributed by atoms with van der Waals surface area (Å²) in [7, 11) is 0. The maximum Gasteiger partial charge on any atom is 0.297 e. The summed E-state index contributed by atoms with van der Waals surface area (Å²) in [5.74, 6) is 0.277. The fourth-order valence-electron chi connectivity index (χ4n) is 3.99. The molecule has 0 radical (unpaired) electrons. The van der Waals surface area contributed by atoms with Crippen LogP contribution in [0.4, 0.5) is 5.13 Å². The van der Waals surface area contributed by atoms with Crippen LogP contribution in [-0.2, 0) is 0 Å². The zero-order valence-corrected chi connectivity index (χ0v) is 20.0. The average Bonchev–Trinajstić information content (AvgIpc) is 3.31. The summed E-state index contributed by atoms with van der Waals surface area (Å²) in [6.07, 6.45) is 0.0251. The Hall–Kier alpha value is -3.23. The van der Waals surface area contributed by atoms with Crippen LogP contribution in [0.1, 0.15) is 52.1 Å². The molecule has 0 fully saturated rings. The summed E-state index contributed by atoms with van der Waals surface area (Å²) in [4.78, 5) is 28.7. The van der Waals surface area contributed by atoms with E-state index in [2.05, 4.69) is 10.2 Å². The maximum atomic E-state index is 13.7. The van der Waals surface area contributed by atoms with Gasteiger partial charge in [-0.15, -0.1) is 10.2 Å². The van der Waals surface area contributed by atoms with Crippen LogP contribution in [0, 0.1) is 13.8 Å². The topological polar surface area (TPSA) is 85.5 Å². The molecule has 9 heteroatoms. The number of rotatable bonds is 4. The molecule has 1 amide bonds. The van der Waals surface area contributed by atoms with Gasteiger partial charge in [0.1, 0.15) is 16.3 Å². The second-order valence-corrected chi connectivity index (χ2v) is 9.76. The molecule has 0 saturated carbocycles. The highest BCUT2D eigenvalue weighted by atomic mass is 35.5. The van der Waals surface area contributed by atoms with E-state index in [-0.39, 0.29) is 22.9 Å². The molecule has 0 saturated heterocycles. The Labute approximate surface area is 198 Å². The molecular formula is C24H20ClN3O4S. The van der Waals surface area contributed by atoms with Crippen molar-refractivity contribution in [1.29, 1.82) is 0 Å². The van der Waals surface area contributed by atoms with E-state index in [0.717, 1.165) is 11.1 Å². The van der Waals surface area contributed by atoms with E-state index in [1.54, 1.807) is 12.1 Å². The third kappa shape index (κ3) is 3.59. The number of fused-ring (bicyclic) bond motifs is 2. The molecule has 5 rings (SSSR count). The van der Waals surface area contributed by atoms with Crippen molar-refractivity contribution in [2.24, 2.45) is 0 Å². The lowest BCUT2D eigenvalue weighted by molar-refractivity contribution is 0.0970. The van der Waals surface area contributed by atoms with Gasteiger partial charge in [-0.25, -0.2) is 0 Å². The fraction of sp³-hybridized carbons (Fsp3) is 0.250. The van der Waals surface area contributed by atoms with E-state index < -0.39 is 11.9 Å². The molecule has 0 spiro atoms. The predicted molar refractivity (Wildman–Crippen MR) is 128 cm³/mol. The summed E-state index contributed by atoms with van der Waals surface area (Å²) in [6, 6.07) is 9.89. The van der Waals surface area contributed by atoms with E-state index in [4.69, 9.17) is 20.8 Å². The number of nitrogens with zero attached hydrogens (tertiary/aromatic N) is 3. The minimum atomic E-state index is -0.714. The van der Waals surface area contributed by atoms with Crippen molar-refractivity contribution in [3.05, 3.63) is 79.1 Å². The Morgan fingerprint density at radius 2 is 1.85 bits per heavy atom. The lowest BCUT2D eigenvalue weighted by Crippen LogP contribution is -2.29. The molecule has 1 aliphatic rings. The largest absolute Gasteiger partial charge is 0.491 e. The molecule has 168 valence electrons. The van der Waals surface area contributed by atoms with Crippen LogP contribution in [-0.4, -0.2) is 22.2 Å². The van der Waals surface area contributed by atoms with Gasteiger partial charge in [0.05, 0.1) is 23.1 Å². The lowest BCUT2D eigenvalue weighted by Gasteiger charge is -2.22. The fourth-order valence-corrected chi connectivity index (χ4v) is 4.87. The number of hydrogen-bond acceptors (Lipinski definition) is 7. The molecule has 1 atom stereocenters. The molecule has 7 nitrogen and oxygen atoms in total. The normalized spacial score (nSPS) is 15.5. The van der Waals surface area contributed by atoms with Crippen molar-refractivity contribution in [2.75, 3.05) is 4.90 Å². The third-order valence-electron chi connectivity index (χ3n) is 5.44. The van der Waals surface area contributed by atoms with E-state index in [1.165, 1.54) is 16.2 Å². The van der Waals surface area contributed by atoms with Crippen LogP contribution in [0.2, 0.25) is 5.02 Å². The molecule has 0 bridgehead atoms. The first kappa shape index (κ1) is 21.6. The van der Waals surface area contributed by atoms with Gasteiger partial charge in [0.15, 0.2) is 5.43 Å². The average molecular weight is 482 g/mol. The molecule has 0 aliphatic carbocycles. The van der Waals surface area contributed by atoms with Crippen molar-refractivity contribution in [1.82, 2.24) is 10.2 Å². The van der Waals surface area contributed by atoms with E-state index in [9.17, 15) is 9.59 Å². The SMILES string of the molecule is Cc1nnc(N2C(=O)c3oc4cc(C)c(Cl)cc4c(=O)c3C2c2ccc(OC(C)C)cc2)s1. The first-order valence-corrected chi connectivity index (χ1v) is 11.6. The molecule has 33 heavy (non-hydrogen) atoms. The Kier molecular flexibility index (Phi) is 5.22. The zero-order chi connectivity index (χ0) is 23.4. The third-order valence-corrected chi connectivity index (χ3v) is 6.69. The number of amides is 1. The molecule has 2 aromatic carbocycles. The van der Waals surface area contributed by atoms with Crippen molar-refractivity contribution in [3.8, 4) is 5.75 Å². The molecule has 2 aromatic heterocycles. The molecular weight excluding hydrogens is 462 g/mol. The van der Waals surface area contributed by atoms with Crippen molar-refractivity contribution < 1.29 is 13.9 Å². The van der Waals surface area contributed by atoms with Crippen LogP contribution in [0.5, 0.6) is 5.75 Å². The second-order valence-electron chi connectivity index (χ2n) is 8.19. The van der Waals surface area contributed by atoms with Gasteiger partial charge in [0.25, 0.3) is 5.91 Å². The quantitative estimate of drug-likeness (QED) is 0.385. The zero-order valence-electron chi connectivity index (χ0n) is 18.4. The first-order chi connectivity index (χ1) is 15.7. The number of carbonyl (C=O) groups is 1. The number of anilines is 1. The Morgan fingerprint density at radius 1 is 1.12 bits per heavy atom. The van der Waals surface area contributed by atoms with Crippen LogP contribution in [0.25, 0.3) is 11.0 Å². The smallest absolute Gasteiger partial charge is 0.297 e. The number of benzene rings is 2. The standard InChI is InChI=1S/C24H20ClN3O4S/c1-11(2)31-15-7-5-14(6-8-15)20-19-21(29)16-10-17(25)12(3)9-18(16)32-22(19)23(30)28(20)24-27-26-13(4)33-24/h5-11,20H,1-4H3. The minimum Gasteiger partial charge on any atom is -0.491 e.